The van der Waals surface area contributed by atoms with Gasteiger partial charge in [-0.3, -0.25) is 0 Å². The van der Waals surface area contributed by atoms with Crippen molar-refractivity contribution in [3.05, 3.63) is 24.3 Å². The van der Waals surface area contributed by atoms with Crippen LogP contribution < -0.4 is 0 Å². The third-order valence-electron chi connectivity index (χ3n) is 2.20. The van der Waals surface area contributed by atoms with Crippen molar-refractivity contribution in [2.24, 2.45) is 11.8 Å². The Kier molecular flexibility index (Phi) is 2.31. The molecule has 0 heterocycles. The van der Waals surface area contributed by atoms with E-state index in [1.165, 1.54) is 18.4 Å². The molecule has 0 fully saturated rings. The maximum absolute atomic E-state index is 3.96. The van der Waals surface area contributed by atoms with Crippen LogP contribution in [0.3, 0.4) is 0 Å². The van der Waals surface area contributed by atoms with Gasteiger partial charge in [-0.25, -0.2) is 0 Å². The van der Waals surface area contributed by atoms with E-state index in [2.05, 4.69) is 32.6 Å². The fourth-order valence-electron chi connectivity index (χ4n) is 1.45. The second-order valence-corrected chi connectivity index (χ2v) is 3.46. The Hall–Kier alpha value is -0.520. The molecule has 0 heteroatoms. The summed E-state index contributed by atoms with van der Waals surface area (Å²) in [5.41, 5.74) is 1.31. The molecule has 0 bridgehead atoms. The zero-order valence-corrected chi connectivity index (χ0v) is 6.93. The smallest absolute Gasteiger partial charge is 0.00261 e. The predicted molar refractivity (Wildman–Crippen MR) is 45.8 cm³/mol. The Morgan fingerprint density at radius 3 is 2.70 bits per heavy atom. The van der Waals surface area contributed by atoms with Crippen LogP contribution in [0.15, 0.2) is 24.3 Å². The lowest BCUT2D eigenvalue weighted by atomic mass is 9.84. The Morgan fingerprint density at radius 2 is 2.30 bits per heavy atom. The first kappa shape index (κ1) is 7.59. The van der Waals surface area contributed by atoms with E-state index in [1.807, 2.05) is 0 Å². The van der Waals surface area contributed by atoms with Gasteiger partial charge in [0.2, 0.25) is 0 Å². The second kappa shape index (κ2) is 3.05. The van der Waals surface area contributed by atoms with E-state index >= 15 is 0 Å². The molecular formula is C10H16. The minimum Gasteiger partial charge on any atom is -0.0995 e. The molecule has 0 saturated heterocycles. The number of hydrogen-bond acceptors (Lipinski definition) is 0. The van der Waals surface area contributed by atoms with E-state index in [0.717, 1.165) is 5.92 Å². The van der Waals surface area contributed by atoms with Crippen LogP contribution in [-0.4, -0.2) is 0 Å². The van der Waals surface area contributed by atoms with Crippen LogP contribution >= 0.6 is 0 Å². The predicted octanol–water partition coefficient (Wildman–Crippen LogP) is 3.16. The lowest BCUT2D eigenvalue weighted by Crippen LogP contribution is -2.08. The molecule has 0 aromatic carbocycles. The Labute approximate surface area is 63.6 Å². The molecule has 0 aromatic heterocycles. The molecule has 1 aliphatic rings. The molecule has 1 rings (SSSR count). The molecular weight excluding hydrogens is 120 g/mol. The summed E-state index contributed by atoms with van der Waals surface area (Å²) < 4.78 is 0. The van der Waals surface area contributed by atoms with Crippen LogP contribution in [0.25, 0.3) is 0 Å². The van der Waals surface area contributed by atoms with E-state index in [4.69, 9.17) is 0 Å². The fourth-order valence-corrected chi connectivity index (χ4v) is 1.45. The molecule has 0 amide bonds. The summed E-state index contributed by atoms with van der Waals surface area (Å²) in [7, 11) is 0. The van der Waals surface area contributed by atoms with Crippen molar-refractivity contribution in [2.75, 3.05) is 0 Å². The third kappa shape index (κ3) is 1.73. The van der Waals surface area contributed by atoms with Gasteiger partial charge in [0.15, 0.2) is 0 Å². The van der Waals surface area contributed by atoms with E-state index in [1.54, 1.807) is 0 Å². The number of hydrogen-bond donors (Lipinski definition) is 0. The SMILES string of the molecule is C=C(C)C1C=CCC(C)C1. The summed E-state index contributed by atoms with van der Waals surface area (Å²) in [6.45, 7) is 8.39. The molecule has 56 valence electrons. The van der Waals surface area contributed by atoms with Gasteiger partial charge in [-0.1, -0.05) is 31.2 Å². The maximum Gasteiger partial charge on any atom is -0.00261 e. The van der Waals surface area contributed by atoms with Gasteiger partial charge >= 0.3 is 0 Å². The third-order valence-corrected chi connectivity index (χ3v) is 2.20. The quantitative estimate of drug-likeness (QED) is 0.486. The summed E-state index contributed by atoms with van der Waals surface area (Å²) in [6.07, 6.45) is 7.13. The van der Waals surface area contributed by atoms with E-state index in [-0.39, 0.29) is 0 Å². The van der Waals surface area contributed by atoms with Crippen molar-refractivity contribution in [2.45, 2.75) is 26.7 Å². The topological polar surface area (TPSA) is 0 Å². The first-order valence-corrected chi connectivity index (χ1v) is 4.02. The van der Waals surface area contributed by atoms with Gasteiger partial charge in [0.05, 0.1) is 0 Å². The highest BCUT2D eigenvalue weighted by Gasteiger charge is 2.13. The van der Waals surface area contributed by atoms with Gasteiger partial charge in [-0.05, 0) is 31.6 Å². The van der Waals surface area contributed by atoms with Gasteiger partial charge in [0.25, 0.3) is 0 Å². The normalized spacial score (nSPS) is 32.2. The first-order chi connectivity index (χ1) is 4.70. The Balaban J connectivity index is 2.55. The van der Waals surface area contributed by atoms with Crippen LogP contribution in [-0.2, 0) is 0 Å². The maximum atomic E-state index is 3.96. The van der Waals surface area contributed by atoms with Crippen molar-refractivity contribution in [3.8, 4) is 0 Å². The summed E-state index contributed by atoms with van der Waals surface area (Å²) in [6, 6.07) is 0. The van der Waals surface area contributed by atoms with Gasteiger partial charge in [0.1, 0.15) is 0 Å². The number of allylic oxidation sites excluding steroid dienone is 3. The molecule has 0 aromatic rings. The zero-order chi connectivity index (χ0) is 7.56. The van der Waals surface area contributed by atoms with Crippen molar-refractivity contribution < 1.29 is 0 Å². The molecule has 0 saturated carbocycles. The van der Waals surface area contributed by atoms with E-state index < -0.39 is 0 Å². The zero-order valence-electron chi connectivity index (χ0n) is 6.93. The Morgan fingerprint density at radius 1 is 1.60 bits per heavy atom. The van der Waals surface area contributed by atoms with E-state index in [0.29, 0.717) is 5.92 Å². The summed E-state index contributed by atoms with van der Waals surface area (Å²) in [5, 5.41) is 0. The molecule has 0 aliphatic heterocycles. The van der Waals surface area contributed by atoms with Crippen molar-refractivity contribution >= 4 is 0 Å². The van der Waals surface area contributed by atoms with Crippen LogP contribution in [0.5, 0.6) is 0 Å². The average molecular weight is 136 g/mol. The largest absolute Gasteiger partial charge is 0.0995 e. The van der Waals surface area contributed by atoms with Crippen molar-refractivity contribution in [3.63, 3.8) is 0 Å². The average Bonchev–Trinajstić information content (AvgIpc) is 1.88. The van der Waals surface area contributed by atoms with E-state index in [9.17, 15) is 0 Å². The molecule has 0 spiro atoms. The Bertz CT molecular complexity index is 153. The van der Waals surface area contributed by atoms with Gasteiger partial charge in [0, 0.05) is 0 Å². The minimum atomic E-state index is 0.656. The fraction of sp³-hybridized carbons (Fsp3) is 0.600. The molecule has 10 heavy (non-hydrogen) atoms. The lowest BCUT2D eigenvalue weighted by molar-refractivity contribution is 0.462. The monoisotopic (exact) mass is 136 g/mol. The highest BCUT2D eigenvalue weighted by atomic mass is 14.2. The van der Waals surface area contributed by atoms with Gasteiger partial charge in [-0.15, -0.1) is 0 Å². The summed E-state index contributed by atoms with van der Waals surface area (Å²) >= 11 is 0. The molecule has 0 radical (unpaired) electrons. The molecule has 0 nitrogen and oxygen atoms in total. The highest BCUT2D eigenvalue weighted by Crippen LogP contribution is 2.26. The first-order valence-electron chi connectivity index (χ1n) is 4.02. The lowest BCUT2D eigenvalue weighted by Gasteiger charge is -2.21. The van der Waals surface area contributed by atoms with Crippen molar-refractivity contribution in [1.29, 1.82) is 0 Å². The summed E-state index contributed by atoms with van der Waals surface area (Å²) in [5.74, 6) is 1.51. The highest BCUT2D eigenvalue weighted by molar-refractivity contribution is 5.09. The van der Waals surface area contributed by atoms with Crippen LogP contribution in [0.4, 0.5) is 0 Å². The second-order valence-electron chi connectivity index (χ2n) is 3.46. The number of rotatable bonds is 1. The van der Waals surface area contributed by atoms with Crippen LogP contribution in [0.1, 0.15) is 26.7 Å². The molecule has 2 unspecified atom stereocenters. The van der Waals surface area contributed by atoms with Crippen molar-refractivity contribution in [1.82, 2.24) is 0 Å². The summed E-state index contributed by atoms with van der Waals surface area (Å²) in [4.78, 5) is 0. The van der Waals surface area contributed by atoms with Crippen LogP contribution in [0, 0.1) is 11.8 Å². The molecule has 2 atom stereocenters. The minimum absolute atomic E-state index is 0.656. The van der Waals surface area contributed by atoms with Crippen LogP contribution in [0.2, 0.25) is 0 Å². The molecule has 1 aliphatic carbocycles. The van der Waals surface area contributed by atoms with Gasteiger partial charge in [-0.2, -0.15) is 0 Å². The standard InChI is InChI=1S/C10H16/c1-8(2)10-6-4-5-9(3)7-10/h4,6,9-10H,1,5,7H2,2-3H3. The van der Waals surface area contributed by atoms with Gasteiger partial charge < -0.3 is 0 Å². The molecule has 0 N–H and O–H groups in total.